The molecule has 1 aromatic rings. The van der Waals surface area contributed by atoms with Crippen LogP contribution in [0.25, 0.3) is 5.57 Å². The summed E-state index contributed by atoms with van der Waals surface area (Å²) in [6.07, 6.45) is 3.17. The zero-order valence-corrected chi connectivity index (χ0v) is 9.94. The Bertz CT molecular complexity index is 480. The molecule has 4 N–H and O–H groups in total. The Labute approximate surface area is 101 Å². The summed E-state index contributed by atoms with van der Waals surface area (Å²) in [6.45, 7) is 1.97. The average Bonchev–Trinajstić information content (AvgIpc) is 2.30. The molecule has 1 amide bonds. The monoisotopic (exact) mass is 231 g/mol. The van der Waals surface area contributed by atoms with Gasteiger partial charge in [0.25, 0.3) is 5.91 Å². The highest BCUT2D eigenvalue weighted by atomic mass is 16.1. The number of hydrogen-bond acceptors (Lipinski definition) is 3. The third-order valence-corrected chi connectivity index (χ3v) is 3.10. The lowest BCUT2D eigenvalue weighted by Crippen LogP contribution is -2.23. The second-order valence-electron chi connectivity index (χ2n) is 4.41. The Morgan fingerprint density at radius 3 is 2.76 bits per heavy atom. The SMILES string of the molecule is CN1CC=C(c2ccc(N)c(C(N)=O)c2)CC1. The molecule has 1 aromatic carbocycles. The molecule has 0 unspecified atom stereocenters. The van der Waals surface area contributed by atoms with Gasteiger partial charge in [0.2, 0.25) is 0 Å². The van der Waals surface area contributed by atoms with Crippen molar-refractivity contribution in [3.8, 4) is 0 Å². The Hall–Kier alpha value is -1.81. The molecule has 90 valence electrons. The van der Waals surface area contributed by atoms with Crippen molar-refractivity contribution < 1.29 is 4.79 Å². The van der Waals surface area contributed by atoms with Crippen LogP contribution in [-0.4, -0.2) is 30.9 Å². The van der Waals surface area contributed by atoms with E-state index in [1.807, 2.05) is 6.07 Å². The predicted molar refractivity (Wildman–Crippen MR) is 69.5 cm³/mol. The van der Waals surface area contributed by atoms with Crippen LogP contribution in [0.3, 0.4) is 0 Å². The topological polar surface area (TPSA) is 72.3 Å². The van der Waals surface area contributed by atoms with E-state index in [1.165, 1.54) is 5.57 Å². The molecular formula is C13H17N3O. The lowest BCUT2D eigenvalue weighted by molar-refractivity contribution is 0.100. The molecule has 1 aliphatic rings. The number of benzene rings is 1. The molecule has 0 atom stereocenters. The lowest BCUT2D eigenvalue weighted by Gasteiger charge is -2.22. The predicted octanol–water partition coefficient (Wildman–Crippen LogP) is 1.09. The summed E-state index contributed by atoms with van der Waals surface area (Å²) < 4.78 is 0. The van der Waals surface area contributed by atoms with Gasteiger partial charge in [-0.05, 0) is 36.7 Å². The first kappa shape index (κ1) is 11.7. The molecule has 1 aliphatic heterocycles. The van der Waals surface area contributed by atoms with Crippen LogP contribution >= 0.6 is 0 Å². The lowest BCUT2D eigenvalue weighted by atomic mass is 9.97. The molecule has 0 spiro atoms. The molecule has 0 aliphatic carbocycles. The van der Waals surface area contributed by atoms with Crippen LogP contribution < -0.4 is 11.5 Å². The van der Waals surface area contributed by atoms with Crippen LogP contribution in [0.5, 0.6) is 0 Å². The van der Waals surface area contributed by atoms with Gasteiger partial charge in [-0.15, -0.1) is 0 Å². The molecule has 0 radical (unpaired) electrons. The summed E-state index contributed by atoms with van der Waals surface area (Å²) in [7, 11) is 2.09. The van der Waals surface area contributed by atoms with Crippen molar-refractivity contribution in [2.45, 2.75) is 6.42 Å². The Morgan fingerprint density at radius 2 is 2.18 bits per heavy atom. The second-order valence-corrected chi connectivity index (χ2v) is 4.41. The van der Waals surface area contributed by atoms with Gasteiger partial charge < -0.3 is 16.4 Å². The second kappa shape index (κ2) is 4.59. The van der Waals surface area contributed by atoms with E-state index in [4.69, 9.17) is 11.5 Å². The number of primary amides is 1. The van der Waals surface area contributed by atoms with Crippen LogP contribution in [0.2, 0.25) is 0 Å². The van der Waals surface area contributed by atoms with Crippen LogP contribution in [-0.2, 0) is 0 Å². The van der Waals surface area contributed by atoms with Crippen molar-refractivity contribution in [2.75, 3.05) is 25.9 Å². The number of rotatable bonds is 2. The fraction of sp³-hybridized carbons (Fsp3) is 0.308. The standard InChI is InChI=1S/C13H17N3O/c1-16-6-4-9(5-7-16)10-2-3-12(14)11(8-10)13(15)17/h2-4,8H,5-7,14H2,1H3,(H2,15,17). The fourth-order valence-corrected chi connectivity index (χ4v) is 2.00. The summed E-state index contributed by atoms with van der Waals surface area (Å²) in [5.74, 6) is -0.474. The number of nitrogens with two attached hydrogens (primary N) is 2. The normalized spacial score (nSPS) is 16.6. The first-order chi connectivity index (χ1) is 8.08. The van der Waals surface area contributed by atoms with E-state index >= 15 is 0 Å². The molecule has 0 aromatic heterocycles. The molecule has 0 saturated carbocycles. The van der Waals surface area contributed by atoms with Crippen LogP contribution in [0.4, 0.5) is 5.69 Å². The van der Waals surface area contributed by atoms with Crippen LogP contribution in [0.1, 0.15) is 22.3 Å². The molecule has 2 rings (SSSR count). The summed E-state index contributed by atoms with van der Waals surface area (Å²) >= 11 is 0. The summed E-state index contributed by atoms with van der Waals surface area (Å²) in [6, 6.07) is 5.47. The number of carbonyl (C=O) groups excluding carboxylic acids is 1. The van der Waals surface area contributed by atoms with E-state index in [2.05, 4.69) is 18.0 Å². The first-order valence-electron chi connectivity index (χ1n) is 5.65. The molecule has 0 saturated heterocycles. The highest BCUT2D eigenvalue weighted by molar-refractivity contribution is 5.98. The van der Waals surface area contributed by atoms with Gasteiger partial charge in [-0.25, -0.2) is 0 Å². The van der Waals surface area contributed by atoms with E-state index in [0.717, 1.165) is 25.1 Å². The van der Waals surface area contributed by atoms with Gasteiger partial charge in [0.05, 0.1) is 5.56 Å². The number of carbonyl (C=O) groups is 1. The number of nitrogen functional groups attached to an aromatic ring is 1. The smallest absolute Gasteiger partial charge is 0.250 e. The first-order valence-corrected chi connectivity index (χ1v) is 5.65. The highest BCUT2D eigenvalue weighted by Gasteiger charge is 2.12. The van der Waals surface area contributed by atoms with Crippen molar-refractivity contribution in [2.24, 2.45) is 5.73 Å². The van der Waals surface area contributed by atoms with Gasteiger partial charge in [-0.3, -0.25) is 4.79 Å². The number of nitrogens with zero attached hydrogens (tertiary/aromatic N) is 1. The highest BCUT2D eigenvalue weighted by Crippen LogP contribution is 2.24. The third-order valence-electron chi connectivity index (χ3n) is 3.10. The van der Waals surface area contributed by atoms with E-state index in [1.54, 1.807) is 12.1 Å². The summed E-state index contributed by atoms with van der Waals surface area (Å²) in [5, 5.41) is 0. The maximum absolute atomic E-state index is 11.2. The molecule has 0 bridgehead atoms. The largest absolute Gasteiger partial charge is 0.398 e. The summed E-state index contributed by atoms with van der Waals surface area (Å²) in [5.41, 5.74) is 14.1. The number of anilines is 1. The minimum atomic E-state index is -0.474. The van der Waals surface area contributed by atoms with Crippen molar-refractivity contribution >= 4 is 17.2 Å². The Balaban J connectivity index is 2.34. The third kappa shape index (κ3) is 2.47. The van der Waals surface area contributed by atoms with Gasteiger partial charge in [0.1, 0.15) is 0 Å². The van der Waals surface area contributed by atoms with Crippen LogP contribution in [0.15, 0.2) is 24.3 Å². The zero-order chi connectivity index (χ0) is 12.4. The van der Waals surface area contributed by atoms with E-state index in [-0.39, 0.29) is 0 Å². The zero-order valence-electron chi connectivity index (χ0n) is 9.94. The van der Waals surface area contributed by atoms with Gasteiger partial charge >= 0.3 is 0 Å². The molecule has 4 heteroatoms. The van der Waals surface area contributed by atoms with Gasteiger partial charge in [0.15, 0.2) is 0 Å². The minimum absolute atomic E-state index is 0.405. The van der Waals surface area contributed by atoms with Crippen molar-refractivity contribution in [1.29, 1.82) is 0 Å². The molecule has 0 fully saturated rings. The maximum atomic E-state index is 11.2. The van der Waals surface area contributed by atoms with Crippen LogP contribution in [0, 0.1) is 0 Å². The Morgan fingerprint density at radius 1 is 1.41 bits per heavy atom. The quantitative estimate of drug-likeness (QED) is 0.748. The Kier molecular flexibility index (Phi) is 3.15. The molecular weight excluding hydrogens is 214 g/mol. The number of likely N-dealkylation sites (N-methyl/N-ethyl adjacent to an activating group) is 1. The average molecular weight is 231 g/mol. The number of hydrogen-bond donors (Lipinski definition) is 2. The maximum Gasteiger partial charge on any atom is 0.250 e. The number of amides is 1. The van der Waals surface area contributed by atoms with E-state index in [9.17, 15) is 4.79 Å². The molecule has 1 heterocycles. The van der Waals surface area contributed by atoms with Gasteiger partial charge in [-0.2, -0.15) is 0 Å². The van der Waals surface area contributed by atoms with Crippen molar-refractivity contribution in [1.82, 2.24) is 4.90 Å². The van der Waals surface area contributed by atoms with Gasteiger partial charge in [-0.1, -0.05) is 12.1 Å². The van der Waals surface area contributed by atoms with Gasteiger partial charge in [0, 0.05) is 18.8 Å². The molecule has 4 nitrogen and oxygen atoms in total. The van der Waals surface area contributed by atoms with Crippen molar-refractivity contribution in [3.63, 3.8) is 0 Å². The molecule has 17 heavy (non-hydrogen) atoms. The van der Waals surface area contributed by atoms with Crippen molar-refractivity contribution in [3.05, 3.63) is 35.4 Å². The fourth-order valence-electron chi connectivity index (χ4n) is 2.00. The summed E-state index contributed by atoms with van der Waals surface area (Å²) in [4.78, 5) is 13.5. The van der Waals surface area contributed by atoms with E-state index in [0.29, 0.717) is 11.3 Å². The van der Waals surface area contributed by atoms with E-state index < -0.39 is 5.91 Å². The minimum Gasteiger partial charge on any atom is -0.398 e.